The number of ketones is 2. The Kier molecular flexibility index (Phi) is 19.6. The van der Waals surface area contributed by atoms with Crippen LogP contribution in [0.2, 0.25) is 0 Å². The van der Waals surface area contributed by atoms with Crippen molar-refractivity contribution in [1.82, 2.24) is 31.5 Å². The molecule has 1 heterocycles. The number of ether oxygens (including phenoxy) is 1. The highest BCUT2D eigenvalue weighted by Gasteiger charge is 2.46. The van der Waals surface area contributed by atoms with E-state index in [1.165, 1.54) is 11.1 Å². The molecule has 4 unspecified atom stereocenters. The zero-order chi connectivity index (χ0) is 56.4. The van der Waals surface area contributed by atoms with Crippen molar-refractivity contribution in [3.63, 3.8) is 0 Å². The van der Waals surface area contributed by atoms with E-state index >= 15 is 0 Å². The van der Waals surface area contributed by atoms with E-state index in [-0.39, 0.29) is 91.5 Å². The molecule has 2 fully saturated rings. The van der Waals surface area contributed by atoms with Crippen molar-refractivity contribution in [2.24, 2.45) is 29.1 Å². The van der Waals surface area contributed by atoms with Crippen LogP contribution in [0.3, 0.4) is 0 Å². The fourth-order valence-corrected chi connectivity index (χ4v) is 12.2. The molecule has 4 aromatic carbocycles. The second kappa shape index (κ2) is 26.5. The third-order valence-corrected chi connectivity index (χ3v) is 17.4. The number of benzene rings is 4. The Morgan fingerprint density at radius 3 is 1.86 bits per heavy atom. The number of likely N-dealkylation sites (tertiary alicyclic amines) is 1. The minimum Gasteiger partial charge on any atom is -0.489 e. The summed E-state index contributed by atoms with van der Waals surface area (Å²) in [6.45, 7) is 11.7. The van der Waals surface area contributed by atoms with Crippen LogP contribution in [0.4, 0.5) is 0 Å². The lowest BCUT2D eigenvalue weighted by molar-refractivity contribution is -0.146. The first kappa shape index (κ1) is 58.5. The number of aryl methyl sites for hydroxylation is 2. The largest absolute Gasteiger partial charge is 0.489 e. The number of nitrogens with zero attached hydrogens (tertiary/aromatic N) is 1. The summed E-state index contributed by atoms with van der Waals surface area (Å²) in [5, 5.41) is 15.8. The van der Waals surface area contributed by atoms with Gasteiger partial charge in [-0.05, 0) is 148 Å². The van der Waals surface area contributed by atoms with E-state index in [0.717, 1.165) is 73.6 Å². The van der Waals surface area contributed by atoms with Crippen molar-refractivity contribution < 1.29 is 38.3 Å². The van der Waals surface area contributed by atoms with Crippen LogP contribution in [0.15, 0.2) is 97.1 Å². The zero-order valence-electron chi connectivity index (χ0n) is 47.5. The number of carbonyl (C=O) groups excluding carboxylic acids is 7. The molecule has 8 rings (SSSR count). The van der Waals surface area contributed by atoms with Gasteiger partial charge in [-0.2, -0.15) is 0 Å². The highest BCUT2D eigenvalue weighted by Crippen LogP contribution is 2.37. The summed E-state index contributed by atoms with van der Waals surface area (Å²) < 4.78 is 6.19. The summed E-state index contributed by atoms with van der Waals surface area (Å²) in [5.74, 6) is -2.65. The van der Waals surface area contributed by atoms with Gasteiger partial charge in [-0.3, -0.25) is 33.6 Å². The molecule has 5 amide bonds. The number of likely N-dealkylation sites (N-methyl/N-ethyl adjacent to an activating group) is 1. The Hall–Kier alpha value is -6.67. The zero-order valence-corrected chi connectivity index (χ0v) is 47.5. The quantitative estimate of drug-likeness (QED) is 0.0542. The van der Waals surface area contributed by atoms with E-state index < -0.39 is 47.3 Å². The average Bonchev–Trinajstić information content (AvgIpc) is 4.06. The van der Waals surface area contributed by atoms with Crippen LogP contribution in [-0.4, -0.2) is 83.8 Å². The van der Waals surface area contributed by atoms with E-state index in [1.54, 1.807) is 31.0 Å². The number of carbonyl (C=O) groups is 7. The van der Waals surface area contributed by atoms with Gasteiger partial charge in [0.15, 0.2) is 5.78 Å². The first-order valence-electron chi connectivity index (χ1n) is 29.1. The molecule has 1 aliphatic heterocycles. The van der Waals surface area contributed by atoms with Gasteiger partial charge in [-0.15, -0.1) is 0 Å². The van der Waals surface area contributed by atoms with Crippen molar-refractivity contribution >= 4 is 41.1 Å². The molecule has 79 heavy (non-hydrogen) atoms. The number of rotatable bonds is 21. The molecular formula is C65H84N6O8. The molecule has 14 nitrogen and oxygen atoms in total. The Morgan fingerprint density at radius 1 is 0.684 bits per heavy atom. The van der Waals surface area contributed by atoms with Crippen molar-refractivity contribution in [2.45, 2.75) is 174 Å². The van der Waals surface area contributed by atoms with Gasteiger partial charge in [-0.1, -0.05) is 120 Å². The van der Waals surface area contributed by atoms with Crippen molar-refractivity contribution in [2.75, 3.05) is 13.6 Å². The summed E-state index contributed by atoms with van der Waals surface area (Å²) in [7, 11) is 1.71. The Morgan fingerprint density at radius 2 is 1.27 bits per heavy atom. The van der Waals surface area contributed by atoms with Crippen molar-refractivity contribution in [3.8, 4) is 5.75 Å². The SMILES string of the molecule is CC[C@@H](C)C(=O)NC(Cc1ccc(OCc2ccc(C(=O)N[C@H]3CC(C(=O)N[C@@H]4CCCc5ccccc54)N(C(=O)[C@@H](CC(=O)[C@H](C)NC)C(C)(C)C)C3)cc2)cc1)C(=O)C1CCCC[C@@H]1C(=O)NC1CCCc2ccccc21. The van der Waals surface area contributed by atoms with Crippen LogP contribution in [0.1, 0.15) is 168 Å². The molecule has 3 aliphatic carbocycles. The van der Waals surface area contributed by atoms with Gasteiger partial charge >= 0.3 is 0 Å². The van der Waals surface area contributed by atoms with Crippen molar-refractivity contribution in [3.05, 3.63) is 136 Å². The minimum atomic E-state index is -0.846. The lowest BCUT2D eigenvalue weighted by Crippen LogP contribution is -2.51. The highest BCUT2D eigenvalue weighted by atomic mass is 16.5. The fraction of sp³-hybridized carbons (Fsp3) is 0.523. The maximum Gasteiger partial charge on any atom is 0.251 e. The average molecular weight is 1080 g/mol. The van der Waals surface area contributed by atoms with E-state index in [1.807, 2.05) is 101 Å². The van der Waals surface area contributed by atoms with Gasteiger partial charge in [0.1, 0.15) is 24.2 Å². The van der Waals surface area contributed by atoms with E-state index in [0.29, 0.717) is 30.6 Å². The molecule has 0 radical (unpaired) electrons. The van der Waals surface area contributed by atoms with E-state index in [9.17, 15) is 33.6 Å². The fourth-order valence-electron chi connectivity index (χ4n) is 12.2. The number of hydrogen-bond acceptors (Lipinski definition) is 9. The van der Waals surface area contributed by atoms with E-state index in [2.05, 4.69) is 44.8 Å². The van der Waals surface area contributed by atoms with Gasteiger partial charge in [0, 0.05) is 48.2 Å². The predicted molar refractivity (Wildman–Crippen MR) is 306 cm³/mol. The van der Waals surface area contributed by atoms with Crippen LogP contribution in [0.25, 0.3) is 0 Å². The molecule has 10 atom stereocenters. The Balaban J connectivity index is 0.892. The second-order valence-corrected chi connectivity index (χ2v) is 23.9. The van der Waals surface area contributed by atoms with Crippen LogP contribution in [-0.2, 0) is 54.6 Å². The molecular weight excluding hydrogens is 993 g/mol. The second-order valence-electron chi connectivity index (χ2n) is 23.9. The molecule has 1 saturated heterocycles. The third kappa shape index (κ3) is 14.6. The number of amides is 5. The Bertz CT molecular complexity index is 2810. The number of fused-ring (bicyclic) bond motifs is 2. The summed E-state index contributed by atoms with van der Waals surface area (Å²) >= 11 is 0. The van der Waals surface area contributed by atoms with Crippen LogP contribution in [0.5, 0.6) is 5.75 Å². The smallest absolute Gasteiger partial charge is 0.251 e. The molecule has 14 heteroatoms. The Labute approximate surface area is 467 Å². The lowest BCUT2D eigenvalue weighted by Gasteiger charge is -2.36. The first-order valence-corrected chi connectivity index (χ1v) is 29.1. The highest BCUT2D eigenvalue weighted by molar-refractivity contribution is 5.97. The number of Topliss-reactive ketones (excluding diaryl/α,β-unsaturated/α-hetero) is 2. The van der Waals surface area contributed by atoms with Crippen LogP contribution >= 0.6 is 0 Å². The first-order chi connectivity index (χ1) is 37.9. The summed E-state index contributed by atoms with van der Waals surface area (Å²) in [6.07, 6.45) is 9.62. The normalized spacial score (nSPS) is 22.4. The van der Waals surface area contributed by atoms with Gasteiger partial charge in [-0.25, -0.2) is 0 Å². The standard InChI is InChI=1S/C65H84N6O8/c1-8-40(2)60(74)70-56(59(73)51-23-13-14-24-52(51)62(76)68-54-25-15-19-44-17-9-11-21-49(44)54)35-42-29-33-48(34-30-42)79-39-43-27-31-46(32-28-43)61(75)67-47-36-57(63(77)69-55-26-16-20-45-18-10-12-22-50(45)55)71(38-47)64(78)53(65(4,5)6)37-58(72)41(3)66-7/h9-12,17-18,21-22,27-34,40-41,47,51-57,66H,8,13-16,19-20,23-26,35-39H2,1-7H3,(H,67,75)(H,68,76)(H,69,77)(H,70,74)/t40-,41+,47+,51?,52+,53-,54?,55-,56?,57?/m1/s1. The molecule has 4 aliphatic rings. The molecule has 422 valence electrons. The maximum absolute atomic E-state index is 14.7. The molecule has 0 aromatic heterocycles. The summed E-state index contributed by atoms with van der Waals surface area (Å²) in [5.41, 5.74) is 6.21. The molecule has 5 N–H and O–H groups in total. The lowest BCUT2D eigenvalue weighted by atomic mass is 9.74. The van der Waals surface area contributed by atoms with Crippen molar-refractivity contribution in [1.29, 1.82) is 0 Å². The summed E-state index contributed by atoms with van der Waals surface area (Å²) in [4.78, 5) is 99.9. The van der Waals surface area contributed by atoms with Gasteiger partial charge < -0.3 is 36.2 Å². The van der Waals surface area contributed by atoms with Crippen LogP contribution in [0, 0.1) is 29.1 Å². The number of nitrogens with one attached hydrogen (secondary N) is 5. The van der Waals surface area contributed by atoms with Gasteiger partial charge in [0.2, 0.25) is 23.6 Å². The minimum absolute atomic E-state index is 0.0208. The van der Waals surface area contributed by atoms with E-state index in [4.69, 9.17) is 4.74 Å². The third-order valence-electron chi connectivity index (χ3n) is 17.4. The van der Waals surface area contributed by atoms with Gasteiger partial charge in [0.05, 0.1) is 24.2 Å². The molecule has 1 saturated carbocycles. The van der Waals surface area contributed by atoms with Gasteiger partial charge in [0.25, 0.3) is 5.91 Å². The van der Waals surface area contributed by atoms with Crippen LogP contribution < -0.4 is 31.3 Å². The summed E-state index contributed by atoms with van der Waals surface area (Å²) in [6, 6.07) is 28.1. The molecule has 0 spiro atoms. The maximum atomic E-state index is 14.7. The number of hydrogen-bond donors (Lipinski definition) is 5. The topological polar surface area (TPSA) is 192 Å². The molecule has 4 aromatic rings. The predicted octanol–water partition coefficient (Wildman–Crippen LogP) is 9.03. The molecule has 0 bridgehead atoms. The monoisotopic (exact) mass is 1080 g/mol.